The van der Waals surface area contributed by atoms with Crippen LogP contribution in [-0.4, -0.2) is 14.0 Å². The summed E-state index contributed by atoms with van der Waals surface area (Å²) in [6, 6.07) is 19.0. The zero-order valence-electron chi connectivity index (χ0n) is 15.1. The van der Waals surface area contributed by atoms with Gasteiger partial charge in [-0.1, -0.05) is 41.9 Å². The maximum absolute atomic E-state index is 13.5. The van der Waals surface area contributed by atoms with E-state index in [1.807, 2.05) is 65.1 Å². The number of rotatable bonds is 3. The van der Waals surface area contributed by atoms with Gasteiger partial charge >= 0.3 is 0 Å². The van der Waals surface area contributed by atoms with E-state index >= 15 is 0 Å². The van der Waals surface area contributed by atoms with Crippen molar-refractivity contribution in [3.05, 3.63) is 98.0 Å². The van der Waals surface area contributed by atoms with Crippen LogP contribution in [0.2, 0.25) is 5.02 Å². The average molecular weight is 436 g/mol. The number of aromatic nitrogens is 3. The number of hydrogen-bond donors (Lipinski definition) is 0. The van der Waals surface area contributed by atoms with Crippen LogP contribution in [0.4, 0.5) is 0 Å². The van der Waals surface area contributed by atoms with Crippen molar-refractivity contribution in [2.75, 3.05) is 0 Å². The fourth-order valence-electron chi connectivity index (χ4n) is 3.55. The van der Waals surface area contributed by atoms with E-state index in [1.54, 1.807) is 17.0 Å². The van der Waals surface area contributed by atoms with Crippen LogP contribution in [0.5, 0.6) is 0 Å². The topological polar surface area (TPSA) is 39.3 Å². The third-order valence-corrected chi connectivity index (χ3v) is 6.46. The van der Waals surface area contributed by atoms with Crippen LogP contribution in [0.1, 0.15) is 5.56 Å². The van der Waals surface area contributed by atoms with Crippen molar-refractivity contribution in [3.63, 3.8) is 0 Å². The van der Waals surface area contributed by atoms with Gasteiger partial charge in [0.15, 0.2) is 3.95 Å². The smallest absolute Gasteiger partial charge is 0.261 e. The molecule has 142 valence electrons. The Kier molecular flexibility index (Phi) is 4.54. The first-order valence-electron chi connectivity index (χ1n) is 8.95. The maximum atomic E-state index is 13.5. The molecule has 7 heteroatoms. The molecular weight excluding hydrogens is 422 g/mol. The third kappa shape index (κ3) is 3.09. The van der Waals surface area contributed by atoms with Crippen LogP contribution in [0.15, 0.2) is 77.9 Å². The largest absolute Gasteiger partial charge is 0.288 e. The molecular formula is C22H14ClN3OS2. The predicted octanol–water partition coefficient (Wildman–Crippen LogP) is 5.81. The van der Waals surface area contributed by atoms with Crippen molar-refractivity contribution in [2.45, 2.75) is 6.54 Å². The van der Waals surface area contributed by atoms with Gasteiger partial charge in [-0.05, 0) is 53.7 Å². The van der Waals surface area contributed by atoms with Crippen molar-refractivity contribution >= 4 is 51.7 Å². The molecule has 4 nitrogen and oxygen atoms in total. The molecule has 0 aliphatic heterocycles. The number of thiazole rings is 1. The number of hydrogen-bond acceptors (Lipinski definition) is 4. The summed E-state index contributed by atoms with van der Waals surface area (Å²) >= 11 is 13.4. The van der Waals surface area contributed by atoms with Crippen molar-refractivity contribution in [2.24, 2.45) is 0 Å². The first-order chi connectivity index (χ1) is 14.1. The summed E-state index contributed by atoms with van der Waals surface area (Å²) in [5.41, 5.74) is 3.41. The first kappa shape index (κ1) is 18.2. The zero-order chi connectivity index (χ0) is 20.0. The second kappa shape index (κ2) is 7.22. The minimum absolute atomic E-state index is 0.0551. The van der Waals surface area contributed by atoms with Gasteiger partial charge in [-0.25, -0.2) is 0 Å². The molecule has 5 aromatic rings. The highest BCUT2D eigenvalue weighted by Gasteiger charge is 2.18. The molecule has 0 atom stereocenters. The van der Waals surface area contributed by atoms with Crippen molar-refractivity contribution < 1.29 is 0 Å². The number of nitrogens with zero attached hydrogens (tertiary/aromatic N) is 3. The van der Waals surface area contributed by atoms with E-state index in [1.165, 1.54) is 11.3 Å². The van der Waals surface area contributed by atoms with Crippen LogP contribution in [0.25, 0.3) is 27.0 Å². The molecule has 0 spiro atoms. The van der Waals surface area contributed by atoms with Crippen LogP contribution >= 0.6 is 35.2 Å². The lowest BCUT2D eigenvalue weighted by Crippen LogP contribution is -2.23. The zero-order valence-corrected chi connectivity index (χ0v) is 17.5. The molecule has 0 radical (unpaired) electrons. The van der Waals surface area contributed by atoms with Crippen LogP contribution in [0.3, 0.4) is 0 Å². The van der Waals surface area contributed by atoms with Crippen LogP contribution in [0, 0.1) is 3.95 Å². The SMILES string of the molecule is O=c1c2ccccc2n2c(=S)sc(-c3cccc(Cl)c3)c2n1Cc1cccnc1. The van der Waals surface area contributed by atoms with Gasteiger partial charge in [0, 0.05) is 17.4 Å². The van der Waals surface area contributed by atoms with E-state index < -0.39 is 0 Å². The van der Waals surface area contributed by atoms with E-state index in [2.05, 4.69) is 4.98 Å². The Balaban J connectivity index is 1.93. The molecule has 5 rings (SSSR count). The first-order valence-corrected chi connectivity index (χ1v) is 10.6. The summed E-state index contributed by atoms with van der Waals surface area (Å²) < 4.78 is 4.46. The van der Waals surface area contributed by atoms with E-state index in [0.717, 1.165) is 27.2 Å². The Labute approximate surface area is 180 Å². The monoisotopic (exact) mass is 435 g/mol. The van der Waals surface area contributed by atoms with Crippen molar-refractivity contribution in [1.29, 1.82) is 0 Å². The maximum Gasteiger partial charge on any atom is 0.261 e. The number of fused-ring (bicyclic) bond motifs is 3. The third-order valence-electron chi connectivity index (χ3n) is 4.81. The Morgan fingerprint density at radius 2 is 1.93 bits per heavy atom. The fourth-order valence-corrected chi connectivity index (χ4v) is 5.17. The van der Waals surface area contributed by atoms with Gasteiger partial charge < -0.3 is 0 Å². The molecule has 0 amide bonds. The summed E-state index contributed by atoms with van der Waals surface area (Å²) in [7, 11) is 0. The Bertz CT molecular complexity index is 1490. The van der Waals surface area contributed by atoms with Gasteiger partial charge in [-0.2, -0.15) is 0 Å². The van der Waals surface area contributed by atoms with Crippen molar-refractivity contribution in [1.82, 2.24) is 14.0 Å². The number of benzene rings is 2. The highest BCUT2D eigenvalue weighted by atomic mass is 35.5. The van der Waals surface area contributed by atoms with Gasteiger partial charge in [-0.15, -0.1) is 11.3 Å². The fraction of sp³-hybridized carbons (Fsp3) is 0.0455. The number of halogens is 1. The molecule has 0 unspecified atom stereocenters. The molecule has 3 heterocycles. The van der Waals surface area contributed by atoms with Gasteiger partial charge in [-0.3, -0.25) is 18.7 Å². The molecule has 0 aliphatic rings. The summed E-state index contributed by atoms with van der Waals surface area (Å²) in [5.74, 6) is 0. The lowest BCUT2D eigenvalue weighted by molar-refractivity contribution is 0.777. The minimum Gasteiger partial charge on any atom is -0.288 e. The highest BCUT2D eigenvalue weighted by molar-refractivity contribution is 7.73. The van der Waals surface area contributed by atoms with E-state index in [4.69, 9.17) is 23.8 Å². The minimum atomic E-state index is -0.0551. The predicted molar refractivity (Wildman–Crippen MR) is 122 cm³/mol. The molecule has 0 saturated carbocycles. The summed E-state index contributed by atoms with van der Waals surface area (Å²) in [6.07, 6.45) is 3.50. The second-order valence-electron chi connectivity index (χ2n) is 6.64. The molecule has 0 fully saturated rings. The van der Waals surface area contributed by atoms with E-state index in [9.17, 15) is 4.79 Å². The van der Waals surface area contributed by atoms with Crippen molar-refractivity contribution in [3.8, 4) is 10.4 Å². The summed E-state index contributed by atoms with van der Waals surface area (Å²) in [5, 5.41) is 1.28. The molecule has 0 saturated heterocycles. The van der Waals surface area contributed by atoms with Crippen LogP contribution in [-0.2, 0) is 6.54 Å². The Morgan fingerprint density at radius 1 is 1.07 bits per heavy atom. The highest BCUT2D eigenvalue weighted by Crippen LogP contribution is 2.34. The molecule has 0 N–H and O–H groups in total. The standard InChI is InChI=1S/C22H14ClN3OS2/c23-16-7-3-6-15(11-16)19-20-25(13-14-5-4-10-24-12-14)21(27)17-8-1-2-9-18(17)26(20)22(28)29-19/h1-12H,13H2. The normalized spacial score (nSPS) is 11.3. The lowest BCUT2D eigenvalue weighted by atomic mass is 10.1. The molecule has 0 aliphatic carbocycles. The Morgan fingerprint density at radius 3 is 2.72 bits per heavy atom. The molecule has 0 bridgehead atoms. The van der Waals surface area contributed by atoms with Gasteiger partial charge in [0.1, 0.15) is 5.65 Å². The molecule has 2 aromatic carbocycles. The second-order valence-corrected chi connectivity index (χ2v) is 8.72. The lowest BCUT2D eigenvalue weighted by Gasteiger charge is -2.13. The summed E-state index contributed by atoms with van der Waals surface area (Å²) in [6.45, 7) is 0.403. The average Bonchev–Trinajstić information content (AvgIpc) is 3.09. The van der Waals surface area contributed by atoms with Gasteiger partial charge in [0.05, 0.1) is 22.3 Å². The Hall–Kier alpha value is -2.80. The number of pyridine rings is 1. The van der Waals surface area contributed by atoms with E-state index in [-0.39, 0.29) is 5.56 Å². The number of para-hydroxylation sites is 1. The quantitative estimate of drug-likeness (QED) is 0.336. The molecule has 3 aromatic heterocycles. The molecule has 29 heavy (non-hydrogen) atoms. The van der Waals surface area contributed by atoms with Crippen LogP contribution < -0.4 is 5.56 Å². The van der Waals surface area contributed by atoms with Gasteiger partial charge in [0.25, 0.3) is 5.56 Å². The summed E-state index contributed by atoms with van der Waals surface area (Å²) in [4.78, 5) is 18.6. The van der Waals surface area contributed by atoms with E-state index in [0.29, 0.717) is 20.9 Å². The van der Waals surface area contributed by atoms with Gasteiger partial charge in [0.2, 0.25) is 0 Å².